The monoisotopic (exact) mass is 413 g/mol. The van der Waals surface area contributed by atoms with E-state index in [2.05, 4.69) is 119 Å². The van der Waals surface area contributed by atoms with Gasteiger partial charge in [-0.1, -0.05) is 84.4 Å². The van der Waals surface area contributed by atoms with E-state index in [1.165, 1.54) is 40.2 Å². The van der Waals surface area contributed by atoms with Crippen LogP contribution in [0.2, 0.25) is 0 Å². The highest BCUT2D eigenvalue weighted by Crippen LogP contribution is 2.36. The average Bonchev–Trinajstić information content (AvgIpc) is 2.76. The van der Waals surface area contributed by atoms with Gasteiger partial charge in [0.15, 0.2) is 0 Å². The Morgan fingerprint density at radius 3 is 1.48 bits per heavy atom. The van der Waals surface area contributed by atoms with E-state index in [4.69, 9.17) is 0 Å². The van der Waals surface area contributed by atoms with Gasteiger partial charge in [-0.05, 0) is 83.7 Å². The van der Waals surface area contributed by atoms with E-state index in [9.17, 15) is 0 Å². The molecule has 0 aliphatic carbocycles. The molecular formula is C30H39N. The minimum absolute atomic E-state index is 0.561. The van der Waals surface area contributed by atoms with Crippen LogP contribution in [0.4, 0.5) is 17.1 Å². The van der Waals surface area contributed by atoms with Crippen molar-refractivity contribution in [1.82, 2.24) is 0 Å². The second-order valence-electron chi connectivity index (χ2n) is 9.64. The zero-order chi connectivity index (χ0) is 22.4. The van der Waals surface area contributed by atoms with Crippen molar-refractivity contribution in [3.05, 3.63) is 89.5 Å². The van der Waals surface area contributed by atoms with Crippen molar-refractivity contribution in [3.63, 3.8) is 0 Å². The number of hydrogen-bond donors (Lipinski definition) is 0. The molecule has 0 bridgehead atoms. The minimum atomic E-state index is 0.561. The predicted octanol–water partition coefficient (Wildman–Crippen LogP) is 9.07. The molecular weight excluding hydrogens is 374 g/mol. The molecule has 0 radical (unpaired) electrons. The fourth-order valence-electron chi connectivity index (χ4n) is 4.11. The Balaban J connectivity index is 1.98. The molecule has 0 N–H and O–H groups in total. The fourth-order valence-corrected chi connectivity index (χ4v) is 4.11. The van der Waals surface area contributed by atoms with E-state index < -0.39 is 0 Å². The molecule has 0 fully saturated rings. The molecule has 1 nitrogen and oxygen atoms in total. The first-order valence-corrected chi connectivity index (χ1v) is 12.0. The van der Waals surface area contributed by atoms with Crippen molar-refractivity contribution in [3.8, 4) is 0 Å². The largest absolute Gasteiger partial charge is 0.311 e. The van der Waals surface area contributed by atoms with E-state index >= 15 is 0 Å². The molecule has 0 saturated carbocycles. The topological polar surface area (TPSA) is 3.24 Å². The third-order valence-electron chi connectivity index (χ3n) is 6.25. The predicted molar refractivity (Wildman–Crippen MR) is 137 cm³/mol. The van der Waals surface area contributed by atoms with Crippen LogP contribution in [-0.2, 0) is 12.8 Å². The SMILES string of the molecule is CCCc1ccc(N(c2ccc(CC(C)C)cc2)c2ccc(C(C)C(C)C)cc2)cc1. The zero-order valence-electron chi connectivity index (χ0n) is 20.2. The van der Waals surface area contributed by atoms with Gasteiger partial charge in [0.2, 0.25) is 0 Å². The van der Waals surface area contributed by atoms with Crippen molar-refractivity contribution in [2.75, 3.05) is 4.90 Å². The van der Waals surface area contributed by atoms with Crippen LogP contribution in [0.3, 0.4) is 0 Å². The molecule has 1 unspecified atom stereocenters. The summed E-state index contributed by atoms with van der Waals surface area (Å²) in [5.74, 6) is 1.87. The third-order valence-corrected chi connectivity index (χ3v) is 6.25. The van der Waals surface area contributed by atoms with Crippen molar-refractivity contribution in [2.45, 2.75) is 66.7 Å². The summed E-state index contributed by atoms with van der Waals surface area (Å²) < 4.78 is 0. The van der Waals surface area contributed by atoms with Crippen LogP contribution in [0.15, 0.2) is 72.8 Å². The summed E-state index contributed by atoms with van der Waals surface area (Å²) in [5, 5.41) is 0. The van der Waals surface area contributed by atoms with Crippen LogP contribution >= 0.6 is 0 Å². The second kappa shape index (κ2) is 10.7. The summed E-state index contributed by atoms with van der Waals surface area (Å²) >= 11 is 0. The summed E-state index contributed by atoms with van der Waals surface area (Å²) in [4.78, 5) is 2.37. The highest BCUT2D eigenvalue weighted by atomic mass is 15.1. The van der Waals surface area contributed by atoms with Crippen molar-refractivity contribution >= 4 is 17.1 Å². The quantitative estimate of drug-likeness (QED) is 0.338. The van der Waals surface area contributed by atoms with Gasteiger partial charge in [-0.2, -0.15) is 0 Å². The Labute approximate surface area is 190 Å². The van der Waals surface area contributed by atoms with E-state index in [1.54, 1.807) is 0 Å². The fraction of sp³-hybridized carbons (Fsp3) is 0.400. The molecule has 164 valence electrons. The smallest absolute Gasteiger partial charge is 0.0461 e. The van der Waals surface area contributed by atoms with Crippen LogP contribution in [0, 0.1) is 11.8 Å². The van der Waals surface area contributed by atoms with Crippen LogP contribution < -0.4 is 4.90 Å². The normalized spacial score (nSPS) is 12.4. The molecule has 0 spiro atoms. The molecule has 1 heteroatoms. The van der Waals surface area contributed by atoms with Gasteiger partial charge in [0.05, 0.1) is 0 Å². The number of aryl methyl sites for hydroxylation is 1. The lowest BCUT2D eigenvalue weighted by atomic mass is 9.90. The van der Waals surface area contributed by atoms with E-state index in [0.717, 1.165) is 12.8 Å². The van der Waals surface area contributed by atoms with E-state index in [-0.39, 0.29) is 0 Å². The number of benzene rings is 3. The molecule has 0 amide bonds. The molecule has 1 atom stereocenters. The van der Waals surface area contributed by atoms with Gasteiger partial charge >= 0.3 is 0 Å². The summed E-state index contributed by atoms with van der Waals surface area (Å²) in [6.07, 6.45) is 3.43. The van der Waals surface area contributed by atoms with Gasteiger partial charge in [0.25, 0.3) is 0 Å². The lowest BCUT2D eigenvalue weighted by Crippen LogP contribution is -2.11. The Morgan fingerprint density at radius 1 is 0.613 bits per heavy atom. The van der Waals surface area contributed by atoms with Gasteiger partial charge in [-0.15, -0.1) is 0 Å². The minimum Gasteiger partial charge on any atom is -0.311 e. The van der Waals surface area contributed by atoms with E-state index in [0.29, 0.717) is 17.8 Å². The molecule has 0 aromatic heterocycles. The first-order chi connectivity index (χ1) is 14.9. The standard InChI is InChI=1S/C30H39N/c1-7-8-25-9-15-28(16-10-25)31(29-17-11-26(12-18-29)21-22(2)3)30-19-13-27(14-20-30)24(6)23(4)5/h9-20,22-24H,7-8,21H2,1-6H3. The Kier molecular flexibility index (Phi) is 7.96. The molecule has 0 aliphatic heterocycles. The van der Waals surface area contributed by atoms with Crippen molar-refractivity contribution in [2.24, 2.45) is 11.8 Å². The molecule has 31 heavy (non-hydrogen) atoms. The zero-order valence-corrected chi connectivity index (χ0v) is 20.2. The first kappa shape index (κ1) is 23.1. The Morgan fingerprint density at radius 2 is 1.06 bits per heavy atom. The summed E-state index contributed by atoms with van der Waals surface area (Å²) in [7, 11) is 0. The van der Waals surface area contributed by atoms with Crippen LogP contribution in [-0.4, -0.2) is 0 Å². The molecule has 0 aliphatic rings. The van der Waals surface area contributed by atoms with Gasteiger partial charge in [0, 0.05) is 17.1 Å². The lowest BCUT2D eigenvalue weighted by Gasteiger charge is -2.27. The van der Waals surface area contributed by atoms with E-state index in [1.807, 2.05) is 0 Å². The molecule has 3 aromatic carbocycles. The lowest BCUT2D eigenvalue weighted by molar-refractivity contribution is 0.535. The average molecular weight is 414 g/mol. The highest BCUT2D eigenvalue weighted by molar-refractivity contribution is 5.76. The Hall–Kier alpha value is -2.54. The van der Waals surface area contributed by atoms with Crippen molar-refractivity contribution in [1.29, 1.82) is 0 Å². The maximum Gasteiger partial charge on any atom is 0.0461 e. The molecule has 0 heterocycles. The third kappa shape index (κ3) is 6.00. The Bertz CT molecular complexity index is 918. The van der Waals surface area contributed by atoms with Crippen LogP contribution in [0.1, 0.15) is 70.6 Å². The van der Waals surface area contributed by atoms with Gasteiger partial charge in [-0.25, -0.2) is 0 Å². The maximum absolute atomic E-state index is 2.37. The first-order valence-electron chi connectivity index (χ1n) is 12.0. The van der Waals surface area contributed by atoms with Gasteiger partial charge in [-0.3, -0.25) is 0 Å². The second-order valence-corrected chi connectivity index (χ2v) is 9.64. The van der Waals surface area contributed by atoms with Gasteiger partial charge in [0.1, 0.15) is 0 Å². The molecule has 0 saturated heterocycles. The maximum atomic E-state index is 2.37. The molecule has 3 aromatic rings. The number of anilines is 3. The van der Waals surface area contributed by atoms with Gasteiger partial charge < -0.3 is 4.90 Å². The van der Waals surface area contributed by atoms with Crippen LogP contribution in [0.5, 0.6) is 0 Å². The summed E-state index contributed by atoms with van der Waals surface area (Å²) in [6.45, 7) is 13.7. The summed E-state index contributed by atoms with van der Waals surface area (Å²) in [5.41, 5.74) is 7.84. The van der Waals surface area contributed by atoms with Crippen molar-refractivity contribution < 1.29 is 0 Å². The van der Waals surface area contributed by atoms with Crippen LogP contribution in [0.25, 0.3) is 0 Å². The number of rotatable bonds is 9. The summed E-state index contributed by atoms with van der Waals surface area (Å²) in [6, 6.07) is 27.3. The highest BCUT2D eigenvalue weighted by Gasteiger charge is 2.15. The number of nitrogens with zero attached hydrogens (tertiary/aromatic N) is 1. The number of hydrogen-bond acceptors (Lipinski definition) is 1. The molecule has 3 rings (SSSR count).